The third-order valence-corrected chi connectivity index (χ3v) is 1.03. The summed E-state index contributed by atoms with van der Waals surface area (Å²) in [5.41, 5.74) is 9.04. The van der Waals surface area contributed by atoms with Gasteiger partial charge in [0.25, 0.3) is 5.56 Å². The second-order valence-corrected chi connectivity index (χ2v) is 1.78. The van der Waals surface area contributed by atoms with Crippen molar-refractivity contribution in [1.82, 2.24) is 9.97 Å². The maximum absolute atomic E-state index is 10.7. The summed E-state index contributed by atoms with van der Waals surface area (Å²) in [6, 6.07) is 0. The van der Waals surface area contributed by atoms with Gasteiger partial charge in [-0.3, -0.25) is 9.78 Å². The van der Waals surface area contributed by atoms with Crippen LogP contribution in [0.1, 0.15) is 0 Å². The zero-order valence-corrected chi connectivity index (χ0v) is 5.37. The van der Waals surface area contributed by atoms with Crippen molar-refractivity contribution in [3.63, 3.8) is 0 Å². The van der Waals surface area contributed by atoms with Crippen LogP contribution in [0.4, 0.5) is 17.5 Å². The minimum absolute atomic E-state index is 0.139. The van der Waals surface area contributed by atoms with Gasteiger partial charge in [0, 0.05) is 0 Å². The minimum atomic E-state index is -0.731. The number of hydrogen-bond acceptors (Lipinski definition) is 6. The van der Waals surface area contributed by atoms with E-state index in [-0.39, 0.29) is 11.8 Å². The van der Waals surface area contributed by atoms with E-state index in [0.717, 1.165) is 0 Å². The van der Waals surface area contributed by atoms with Gasteiger partial charge in [-0.15, -0.1) is 4.91 Å². The molecule has 0 aliphatic rings. The molecule has 11 heavy (non-hydrogen) atoms. The lowest BCUT2D eigenvalue weighted by Crippen LogP contribution is -2.12. The highest BCUT2D eigenvalue weighted by molar-refractivity contribution is 5.56. The monoisotopic (exact) mass is 157 g/mol. The lowest BCUT2D eigenvalue weighted by atomic mass is 10.9. The van der Waals surface area contributed by atoms with Crippen LogP contribution < -0.4 is 17.0 Å². The molecule has 0 radical (unpaired) electrons. The van der Waals surface area contributed by atoms with E-state index in [9.17, 15) is 9.70 Å². The highest BCUT2D eigenvalue weighted by Crippen LogP contribution is 2.11. The molecule has 0 aliphatic carbocycles. The number of hydrogen-bond donors (Lipinski definition) is 3. The summed E-state index contributed by atoms with van der Waals surface area (Å²) in [5.74, 6) is -0.402. The first-order chi connectivity index (χ1) is 5.15. The van der Waals surface area contributed by atoms with Gasteiger partial charge < -0.3 is 11.5 Å². The summed E-state index contributed by atoms with van der Waals surface area (Å²) in [5, 5.41) is 2.37. The fourth-order valence-corrected chi connectivity index (χ4v) is 0.591. The number of aromatic nitrogens is 2. The molecule has 5 N–H and O–H groups in total. The Morgan fingerprint density at radius 2 is 2.09 bits per heavy atom. The van der Waals surface area contributed by atoms with E-state index in [0.29, 0.717) is 0 Å². The molecule has 0 spiro atoms. The van der Waals surface area contributed by atoms with E-state index in [2.05, 4.69) is 15.1 Å². The van der Waals surface area contributed by atoms with E-state index >= 15 is 0 Å². The fourth-order valence-electron chi connectivity index (χ4n) is 0.591. The lowest BCUT2D eigenvalue weighted by Gasteiger charge is -1.95. The average molecular weight is 157 g/mol. The number of aromatic amines is 1. The topological polar surface area (TPSA) is 127 Å². The Balaban J connectivity index is 3.49. The number of nitroso groups, excluding NO2 is 1. The van der Waals surface area contributed by atoms with Gasteiger partial charge in [-0.1, -0.05) is 0 Å². The number of H-pyrrole nitrogens is 1. The molecule has 0 amide bonds. The second kappa shape index (κ2) is 2.37. The predicted molar refractivity (Wildman–Crippen MR) is 39.1 cm³/mol. The molecule has 0 fully saturated rings. The Labute approximate surface area is 60.4 Å². The van der Waals surface area contributed by atoms with E-state index < -0.39 is 11.2 Å². The third-order valence-electron chi connectivity index (χ3n) is 1.03. The quantitative estimate of drug-likeness (QED) is 0.466. The third kappa shape index (κ3) is 1.16. The van der Waals surface area contributed by atoms with E-state index in [1.54, 1.807) is 0 Å². The zero-order valence-electron chi connectivity index (χ0n) is 5.37. The summed E-state index contributed by atoms with van der Waals surface area (Å²) in [7, 11) is 0. The van der Waals surface area contributed by atoms with Gasteiger partial charge in [0.1, 0.15) is 0 Å². The van der Waals surface area contributed by atoms with Gasteiger partial charge in [-0.2, -0.15) is 4.98 Å². The molecule has 0 atom stereocenters. The van der Waals surface area contributed by atoms with Crippen LogP contribution in [0, 0.1) is 4.91 Å². The van der Waals surface area contributed by atoms with Crippen LogP contribution >= 0.6 is 0 Å². The predicted octanol–water partition coefficient (Wildman–Crippen LogP) is -0.668. The molecule has 1 aromatic rings. The maximum Gasteiger partial charge on any atom is 0.284 e. The molecule has 7 heteroatoms. The van der Waals surface area contributed by atoms with Gasteiger partial charge in [-0.05, 0) is 5.18 Å². The largest absolute Gasteiger partial charge is 0.382 e. The Morgan fingerprint density at radius 1 is 1.45 bits per heavy atom. The normalized spacial score (nSPS) is 9.45. The SMILES string of the molecule is Nc1n[13c](N)[13c](N=O)c(=O)[nH]1. The van der Waals surface area contributed by atoms with Crippen LogP contribution in [0.2, 0.25) is 0 Å². The van der Waals surface area contributed by atoms with Crippen molar-refractivity contribution >= 4 is 17.5 Å². The van der Waals surface area contributed by atoms with Gasteiger partial charge in [0.2, 0.25) is 11.6 Å². The molecular formula is C4H5N5O2. The summed E-state index contributed by atoms with van der Waals surface area (Å²) in [4.78, 5) is 26.2. The molecule has 7 nitrogen and oxygen atoms in total. The van der Waals surface area contributed by atoms with Crippen LogP contribution in [0.15, 0.2) is 9.97 Å². The van der Waals surface area contributed by atoms with Crippen molar-refractivity contribution in [2.24, 2.45) is 5.18 Å². The first-order valence-electron chi connectivity index (χ1n) is 2.63. The van der Waals surface area contributed by atoms with Crippen LogP contribution in [0.3, 0.4) is 0 Å². The van der Waals surface area contributed by atoms with Crippen molar-refractivity contribution < 1.29 is 0 Å². The van der Waals surface area contributed by atoms with Crippen LogP contribution in [-0.2, 0) is 0 Å². The van der Waals surface area contributed by atoms with Gasteiger partial charge in [0.15, 0.2) is 5.82 Å². The summed E-state index contributed by atoms with van der Waals surface area (Å²) < 4.78 is 0. The molecule has 0 aromatic carbocycles. The highest BCUT2D eigenvalue weighted by atomic mass is 16.3. The van der Waals surface area contributed by atoms with Crippen molar-refractivity contribution in [1.29, 1.82) is 0 Å². The van der Waals surface area contributed by atoms with Gasteiger partial charge in [0.05, 0.1) is 0 Å². The van der Waals surface area contributed by atoms with Crippen LogP contribution in [-0.4, -0.2) is 9.97 Å². The average Bonchev–Trinajstić information content (AvgIpc) is 1.85. The number of rotatable bonds is 1. The smallest absolute Gasteiger partial charge is 0.284 e. The number of nitrogen functional groups attached to an aromatic ring is 2. The Morgan fingerprint density at radius 3 is 2.55 bits per heavy atom. The molecule has 58 valence electrons. The van der Waals surface area contributed by atoms with Gasteiger partial charge in [-0.25, -0.2) is 0 Å². The van der Waals surface area contributed by atoms with E-state index in [4.69, 9.17) is 11.5 Å². The molecule has 1 rings (SSSR count). The molecule has 0 unspecified atom stereocenters. The van der Waals surface area contributed by atoms with Crippen LogP contribution in [0.5, 0.6) is 0 Å². The highest BCUT2D eigenvalue weighted by Gasteiger charge is 2.06. The number of nitrogens with one attached hydrogen (secondary N) is 1. The van der Waals surface area contributed by atoms with Crippen molar-refractivity contribution in [2.75, 3.05) is 11.5 Å². The molecule has 0 saturated heterocycles. The van der Waals surface area contributed by atoms with Crippen molar-refractivity contribution in [2.45, 2.75) is 0 Å². The summed E-state index contributed by atoms with van der Waals surface area (Å²) in [6.45, 7) is 0. The van der Waals surface area contributed by atoms with E-state index in [1.165, 1.54) is 0 Å². The second-order valence-electron chi connectivity index (χ2n) is 1.78. The maximum atomic E-state index is 10.7. The Bertz CT molecular complexity index is 343. The number of nitrogens with two attached hydrogens (primary N) is 2. The number of anilines is 2. The first kappa shape index (κ1) is 7.19. The van der Waals surface area contributed by atoms with Crippen molar-refractivity contribution in [3.05, 3.63) is 15.3 Å². The van der Waals surface area contributed by atoms with Crippen molar-refractivity contribution in [3.8, 4) is 0 Å². The van der Waals surface area contributed by atoms with Gasteiger partial charge >= 0.3 is 0 Å². The summed E-state index contributed by atoms with van der Waals surface area (Å²) >= 11 is 0. The molecule has 1 heterocycles. The standard InChI is InChI=1S/C4H5N5O2/c5-2-1(9-11)3(10)8-4(6)7-2/h(H5,5,6,7,8,10)/i1+1,2+1. The molecule has 0 bridgehead atoms. The van der Waals surface area contributed by atoms with Crippen LogP contribution in [0.25, 0.3) is 0 Å². The molecule has 1 aromatic heterocycles. The lowest BCUT2D eigenvalue weighted by molar-refractivity contribution is 1.13. The first-order valence-corrected chi connectivity index (χ1v) is 2.63. The molecule has 0 aliphatic heterocycles. The minimum Gasteiger partial charge on any atom is -0.382 e. The molecular weight excluding hydrogens is 152 g/mol. The Kier molecular flexibility index (Phi) is 1.55. The fraction of sp³-hybridized carbons (Fsp3) is 0. The zero-order chi connectivity index (χ0) is 8.43. The number of nitrogens with zero attached hydrogens (tertiary/aromatic N) is 2. The molecule has 0 saturated carbocycles. The Hall–Kier alpha value is -1.92. The van der Waals surface area contributed by atoms with E-state index in [1.807, 2.05) is 0 Å². The summed E-state index contributed by atoms with van der Waals surface area (Å²) in [6.07, 6.45) is 0.